The van der Waals surface area contributed by atoms with Gasteiger partial charge in [0.15, 0.2) is 0 Å². The minimum Gasteiger partial charge on any atom is -0.466 e. The number of esters is 1. The summed E-state index contributed by atoms with van der Waals surface area (Å²) in [4.78, 5) is 11.8. The minimum absolute atomic E-state index is 0.152. The molecule has 1 unspecified atom stereocenters. The Bertz CT molecular complexity index is 443. The Kier molecular flexibility index (Phi) is 3.95. The van der Waals surface area contributed by atoms with Crippen LogP contribution in [0.3, 0.4) is 0 Å². The lowest BCUT2D eigenvalue weighted by Crippen LogP contribution is -2.13. The van der Waals surface area contributed by atoms with Gasteiger partial charge in [0.05, 0.1) is 12.5 Å². The Labute approximate surface area is 111 Å². The molecule has 1 aromatic rings. The molecule has 0 fully saturated rings. The number of aryl methyl sites for hydroxylation is 1. The predicted molar refractivity (Wildman–Crippen MR) is 68.7 cm³/mol. The third-order valence-electron chi connectivity index (χ3n) is 3.10. The van der Waals surface area contributed by atoms with Crippen LogP contribution in [0, 0.1) is 0 Å². The van der Waals surface area contributed by atoms with Gasteiger partial charge in [-0.2, -0.15) is 0 Å². The van der Waals surface area contributed by atoms with E-state index in [1.165, 1.54) is 5.56 Å². The number of carbonyl (C=O) groups is 1. The van der Waals surface area contributed by atoms with Crippen molar-refractivity contribution in [3.8, 4) is 0 Å². The number of alkyl halides is 1. The third-order valence-corrected chi connectivity index (χ3v) is 3.74. The largest absolute Gasteiger partial charge is 0.466 e. The van der Waals surface area contributed by atoms with Crippen LogP contribution in [0.1, 0.15) is 36.0 Å². The molecular weight excluding hydrogens is 259 g/mol. The Morgan fingerprint density at radius 1 is 1.53 bits per heavy atom. The van der Waals surface area contributed by atoms with Crippen LogP contribution in [0.2, 0.25) is 5.02 Å². The Balaban J connectivity index is 2.32. The van der Waals surface area contributed by atoms with E-state index in [9.17, 15) is 4.79 Å². The predicted octanol–water partition coefficient (Wildman–Crippen LogP) is 3.67. The van der Waals surface area contributed by atoms with Gasteiger partial charge in [-0.3, -0.25) is 4.79 Å². The van der Waals surface area contributed by atoms with Crippen LogP contribution < -0.4 is 0 Å². The quantitative estimate of drug-likeness (QED) is 0.620. The van der Waals surface area contributed by atoms with Crippen LogP contribution in [0.5, 0.6) is 0 Å². The van der Waals surface area contributed by atoms with E-state index in [-0.39, 0.29) is 11.9 Å². The van der Waals surface area contributed by atoms with Gasteiger partial charge >= 0.3 is 5.97 Å². The molecule has 4 heteroatoms. The molecule has 0 heterocycles. The van der Waals surface area contributed by atoms with Crippen molar-refractivity contribution >= 4 is 29.2 Å². The second-order valence-electron chi connectivity index (χ2n) is 4.12. The zero-order chi connectivity index (χ0) is 12.4. The van der Waals surface area contributed by atoms with E-state index in [2.05, 4.69) is 0 Å². The molecule has 2 nitrogen and oxygen atoms in total. The van der Waals surface area contributed by atoms with Crippen molar-refractivity contribution in [2.45, 2.75) is 31.6 Å². The second kappa shape index (κ2) is 5.28. The minimum atomic E-state index is -0.160. The number of ether oxygens (including phenoxy) is 1. The van der Waals surface area contributed by atoms with Crippen LogP contribution in [0.25, 0.3) is 0 Å². The standard InChI is InChI=1S/C13H14Cl2O2/c1-2-17-13(16)10-4-3-8-5-9(7-14)12(15)6-11(8)10/h5-6,10H,2-4,7H2,1H3. The highest BCUT2D eigenvalue weighted by Gasteiger charge is 2.30. The number of hydrogen-bond donors (Lipinski definition) is 0. The first-order valence-corrected chi connectivity index (χ1v) is 6.62. The van der Waals surface area contributed by atoms with Crippen molar-refractivity contribution < 1.29 is 9.53 Å². The van der Waals surface area contributed by atoms with Gasteiger partial charge in [-0.25, -0.2) is 0 Å². The van der Waals surface area contributed by atoms with Crippen LogP contribution in [0.15, 0.2) is 12.1 Å². The summed E-state index contributed by atoms with van der Waals surface area (Å²) >= 11 is 11.9. The first-order chi connectivity index (χ1) is 8.17. The fourth-order valence-corrected chi connectivity index (χ4v) is 2.80. The Morgan fingerprint density at radius 3 is 2.94 bits per heavy atom. The molecule has 1 atom stereocenters. The van der Waals surface area contributed by atoms with Gasteiger partial charge in [0.1, 0.15) is 0 Å². The summed E-state index contributed by atoms with van der Waals surface area (Å²) in [7, 11) is 0. The van der Waals surface area contributed by atoms with Gasteiger partial charge in [-0.15, -0.1) is 11.6 Å². The number of halogens is 2. The molecule has 0 bridgehead atoms. The SMILES string of the molecule is CCOC(=O)C1CCc2cc(CCl)c(Cl)cc21. The Hall–Kier alpha value is -0.730. The van der Waals surface area contributed by atoms with Crippen LogP contribution in [0.4, 0.5) is 0 Å². The molecule has 0 spiro atoms. The summed E-state index contributed by atoms with van der Waals surface area (Å²) in [6.45, 7) is 2.23. The van der Waals surface area contributed by atoms with Gasteiger partial charge in [-0.05, 0) is 42.5 Å². The molecule has 17 heavy (non-hydrogen) atoms. The monoisotopic (exact) mass is 272 g/mol. The molecule has 1 aliphatic rings. The topological polar surface area (TPSA) is 26.3 Å². The van der Waals surface area contributed by atoms with Crippen molar-refractivity contribution in [2.24, 2.45) is 0 Å². The molecule has 0 radical (unpaired) electrons. The molecule has 1 aliphatic carbocycles. The van der Waals surface area contributed by atoms with Crippen molar-refractivity contribution in [1.29, 1.82) is 0 Å². The van der Waals surface area contributed by atoms with Gasteiger partial charge in [0.2, 0.25) is 0 Å². The normalized spacial score (nSPS) is 17.9. The molecule has 2 rings (SSSR count). The van der Waals surface area contributed by atoms with Crippen LogP contribution in [-0.2, 0) is 21.8 Å². The summed E-state index contributed by atoms with van der Waals surface area (Å²) in [6.07, 6.45) is 1.69. The van der Waals surface area contributed by atoms with E-state index in [0.717, 1.165) is 24.0 Å². The number of hydrogen-bond acceptors (Lipinski definition) is 2. The Morgan fingerprint density at radius 2 is 2.29 bits per heavy atom. The average molecular weight is 273 g/mol. The summed E-state index contributed by atoms with van der Waals surface area (Å²) in [5, 5.41) is 0.634. The summed E-state index contributed by atoms with van der Waals surface area (Å²) in [6, 6.07) is 3.87. The van der Waals surface area contributed by atoms with E-state index in [1.54, 1.807) is 0 Å². The zero-order valence-corrected chi connectivity index (χ0v) is 11.1. The average Bonchev–Trinajstić information content (AvgIpc) is 2.71. The molecule has 0 aromatic heterocycles. The fraction of sp³-hybridized carbons (Fsp3) is 0.462. The van der Waals surface area contributed by atoms with Gasteiger partial charge in [0, 0.05) is 10.9 Å². The maximum absolute atomic E-state index is 11.8. The van der Waals surface area contributed by atoms with Crippen LogP contribution >= 0.6 is 23.2 Å². The summed E-state index contributed by atoms with van der Waals surface area (Å²) in [5.74, 6) is 0.0867. The molecule has 0 saturated heterocycles. The molecule has 92 valence electrons. The summed E-state index contributed by atoms with van der Waals surface area (Å²) in [5.41, 5.74) is 3.10. The highest BCUT2D eigenvalue weighted by Crippen LogP contribution is 2.37. The highest BCUT2D eigenvalue weighted by atomic mass is 35.5. The number of benzene rings is 1. The first-order valence-electron chi connectivity index (χ1n) is 5.71. The van der Waals surface area contributed by atoms with Gasteiger partial charge in [0.25, 0.3) is 0 Å². The zero-order valence-electron chi connectivity index (χ0n) is 9.63. The number of rotatable bonds is 3. The molecule has 0 saturated carbocycles. The van der Waals surface area contributed by atoms with E-state index < -0.39 is 0 Å². The van der Waals surface area contributed by atoms with Crippen LogP contribution in [-0.4, -0.2) is 12.6 Å². The van der Waals surface area contributed by atoms with Crippen molar-refractivity contribution in [3.05, 3.63) is 33.8 Å². The first kappa shape index (κ1) is 12.7. The number of carbonyl (C=O) groups excluding carboxylic acids is 1. The maximum atomic E-state index is 11.8. The molecule has 1 aromatic carbocycles. The molecule has 0 N–H and O–H groups in total. The van der Waals surface area contributed by atoms with Crippen molar-refractivity contribution in [1.82, 2.24) is 0 Å². The second-order valence-corrected chi connectivity index (χ2v) is 4.79. The van der Waals surface area contributed by atoms with E-state index in [1.807, 2.05) is 19.1 Å². The van der Waals surface area contributed by atoms with Gasteiger partial charge in [-0.1, -0.05) is 17.7 Å². The van der Waals surface area contributed by atoms with E-state index >= 15 is 0 Å². The summed E-state index contributed by atoms with van der Waals surface area (Å²) < 4.78 is 5.07. The number of fused-ring (bicyclic) bond motifs is 1. The smallest absolute Gasteiger partial charge is 0.313 e. The van der Waals surface area contributed by atoms with Crippen molar-refractivity contribution in [2.75, 3.05) is 6.61 Å². The fourth-order valence-electron chi connectivity index (χ4n) is 2.27. The lowest BCUT2D eigenvalue weighted by atomic mass is 10.0. The molecule has 0 amide bonds. The maximum Gasteiger partial charge on any atom is 0.313 e. The van der Waals surface area contributed by atoms with E-state index in [4.69, 9.17) is 27.9 Å². The van der Waals surface area contributed by atoms with Gasteiger partial charge < -0.3 is 4.74 Å². The third kappa shape index (κ3) is 2.43. The molecular formula is C13H14Cl2O2. The lowest BCUT2D eigenvalue weighted by Gasteiger charge is -2.11. The molecule has 0 aliphatic heterocycles. The highest BCUT2D eigenvalue weighted by molar-refractivity contribution is 6.32. The lowest BCUT2D eigenvalue weighted by molar-refractivity contribution is -0.144. The van der Waals surface area contributed by atoms with Crippen molar-refractivity contribution in [3.63, 3.8) is 0 Å². The van der Waals surface area contributed by atoms with E-state index in [0.29, 0.717) is 17.5 Å².